The Hall–Kier alpha value is -3.11. The summed E-state index contributed by atoms with van der Waals surface area (Å²) in [4.78, 5) is 15.4. The predicted octanol–water partition coefficient (Wildman–Crippen LogP) is 4.60. The van der Waals surface area contributed by atoms with Crippen LogP contribution in [-0.2, 0) is 19.3 Å². The molecule has 0 aromatic heterocycles. The Balaban J connectivity index is 1.42. The van der Waals surface area contributed by atoms with Gasteiger partial charge in [-0.05, 0) is 74.1 Å². The molecule has 0 bridgehead atoms. The second-order valence-electron chi connectivity index (χ2n) is 11.1. The van der Waals surface area contributed by atoms with Crippen LogP contribution < -0.4 is 15.5 Å². The molecule has 2 aliphatic rings. The highest BCUT2D eigenvalue weighted by molar-refractivity contribution is 7.91. The summed E-state index contributed by atoms with van der Waals surface area (Å²) in [6, 6.07) is 14.8. The maximum absolute atomic E-state index is 13.1. The molecule has 1 amide bonds. The molecule has 9 nitrogen and oxygen atoms in total. The van der Waals surface area contributed by atoms with Crippen molar-refractivity contribution in [1.29, 1.82) is 5.26 Å². The number of hydrogen-bond acceptors (Lipinski definition) is 8. The largest absolute Gasteiger partial charge is 0.381 e. The molecule has 0 unspecified atom stereocenters. The normalized spacial score (nSPS) is 23.2. The maximum atomic E-state index is 13.1. The van der Waals surface area contributed by atoms with Crippen LogP contribution in [-0.4, -0.2) is 71.2 Å². The fourth-order valence-corrected chi connectivity index (χ4v) is 6.84. The molecule has 3 atom stereocenters. The second-order valence-corrected chi connectivity index (χ2v) is 13.4. The van der Waals surface area contributed by atoms with E-state index >= 15 is 0 Å². The minimum absolute atomic E-state index is 0.00476. The van der Waals surface area contributed by atoms with Crippen molar-refractivity contribution in [1.82, 2.24) is 10.6 Å². The first kappa shape index (κ1) is 32.8. The number of benzene rings is 2. The molecule has 0 radical (unpaired) electrons. The number of carbonyl (C=O) groups is 1. The smallest absolute Gasteiger partial charge is 0.345 e. The third-order valence-electron chi connectivity index (χ3n) is 8.39. The monoisotopic (exact) mass is 618 g/mol. The SMILES string of the molecule is CCS(=O)(=O)c1ccc([C@H](CC#N)NC(=O)c2ccc(N3C[C@@H](NC4CCC(OC)CC4)C[C@H]3COC(F)F)cc2)cc1. The molecule has 2 N–H and O–H groups in total. The average molecular weight is 619 g/mol. The van der Waals surface area contributed by atoms with Crippen molar-refractivity contribution >= 4 is 21.4 Å². The Labute approximate surface area is 252 Å². The number of nitrogens with one attached hydrogen (secondary N) is 2. The van der Waals surface area contributed by atoms with E-state index in [0.717, 1.165) is 31.4 Å². The lowest BCUT2D eigenvalue weighted by Crippen LogP contribution is -2.42. The van der Waals surface area contributed by atoms with E-state index in [-0.39, 0.29) is 41.7 Å². The van der Waals surface area contributed by atoms with Gasteiger partial charge in [-0.3, -0.25) is 4.79 Å². The molecule has 43 heavy (non-hydrogen) atoms. The molecule has 12 heteroatoms. The van der Waals surface area contributed by atoms with Gasteiger partial charge in [0.05, 0.1) is 47.9 Å². The number of methoxy groups -OCH3 is 1. The highest BCUT2D eigenvalue weighted by atomic mass is 32.2. The van der Waals surface area contributed by atoms with Gasteiger partial charge in [0.1, 0.15) is 0 Å². The van der Waals surface area contributed by atoms with Crippen molar-refractivity contribution < 1.29 is 31.5 Å². The molecule has 1 aliphatic heterocycles. The number of nitriles is 1. The van der Waals surface area contributed by atoms with Gasteiger partial charge in [0, 0.05) is 37.0 Å². The van der Waals surface area contributed by atoms with Gasteiger partial charge in [0.25, 0.3) is 5.91 Å². The van der Waals surface area contributed by atoms with E-state index in [1.165, 1.54) is 12.1 Å². The predicted molar refractivity (Wildman–Crippen MR) is 159 cm³/mol. The molecule has 1 saturated carbocycles. The molecule has 0 spiro atoms. The number of nitrogens with zero attached hydrogens (tertiary/aromatic N) is 2. The number of halogens is 2. The van der Waals surface area contributed by atoms with Gasteiger partial charge < -0.3 is 25.0 Å². The Morgan fingerprint density at radius 1 is 1.07 bits per heavy atom. The standard InChI is InChI=1S/C31H40F2N4O5S/c1-3-43(39,40)28-14-6-21(7-15-28)29(16-17-34)36-30(38)22-4-10-25(11-5-22)37-19-24(18-26(37)20-42-31(32)33)35-23-8-12-27(41-2)13-9-23/h4-7,10-11,14-15,23-24,26-27,29,31,35H,3,8-9,12-13,16,18-20H2,1-2H3,(H,36,38)/t23?,24-,26-,27?,29-/m0/s1. The maximum Gasteiger partial charge on any atom is 0.345 e. The van der Waals surface area contributed by atoms with Gasteiger partial charge in [0.2, 0.25) is 0 Å². The number of rotatable bonds is 13. The van der Waals surface area contributed by atoms with Crippen LogP contribution in [0.4, 0.5) is 14.5 Å². The molecule has 4 rings (SSSR count). The van der Waals surface area contributed by atoms with Crippen molar-refractivity contribution in [2.75, 3.05) is 30.9 Å². The molecule has 1 saturated heterocycles. The van der Waals surface area contributed by atoms with Crippen LogP contribution in [0.5, 0.6) is 0 Å². The summed E-state index contributed by atoms with van der Waals surface area (Å²) in [6.45, 7) is -0.764. The molecule has 234 valence electrons. The Morgan fingerprint density at radius 3 is 2.33 bits per heavy atom. The summed E-state index contributed by atoms with van der Waals surface area (Å²) in [5.41, 5.74) is 1.80. The number of ether oxygens (including phenoxy) is 2. The fraction of sp³-hybridized carbons (Fsp3) is 0.548. The zero-order chi connectivity index (χ0) is 31.0. The van der Waals surface area contributed by atoms with Crippen molar-refractivity contribution in [2.24, 2.45) is 0 Å². The van der Waals surface area contributed by atoms with E-state index in [9.17, 15) is 27.3 Å². The molecular formula is C31H40F2N4O5S. The van der Waals surface area contributed by atoms with Gasteiger partial charge in [0.15, 0.2) is 9.84 Å². The van der Waals surface area contributed by atoms with Crippen molar-refractivity contribution in [3.05, 3.63) is 59.7 Å². The average Bonchev–Trinajstić information content (AvgIpc) is 3.42. The summed E-state index contributed by atoms with van der Waals surface area (Å²) in [6.07, 6.45) is 4.96. The van der Waals surface area contributed by atoms with E-state index in [2.05, 4.69) is 16.7 Å². The van der Waals surface area contributed by atoms with Crippen molar-refractivity contribution in [2.45, 2.75) is 87.2 Å². The van der Waals surface area contributed by atoms with E-state index in [1.54, 1.807) is 50.4 Å². The van der Waals surface area contributed by atoms with Gasteiger partial charge in [-0.1, -0.05) is 19.1 Å². The van der Waals surface area contributed by atoms with E-state index < -0.39 is 22.5 Å². The van der Waals surface area contributed by atoms with Crippen LogP contribution in [0.3, 0.4) is 0 Å². The first-order chi connectivity index (χ1) is 20.6. The van der Waals surface area contributed by atoms with Gasteiger partial charge in [-0.2, -0.15) is 14.0 Å². The van der Waals surface area contributed by atoms with Crippen molar-refractivity contribution in [3.8, 4) is 6.07 Å². The van der Waals surface area contributed by atoms with Crippen LogP contribution in [0.1, 0.15) is 67.4 Å². The molecule has 2 fully saturated rings. The first-order valence-electron chi connectivity index (χ1n) is 14.7. The van der Waals surface area contributed by atoms with E-state index in [4.69, 9.17) is 9.47 Å². The van der Waals surface area contributed by atoms with E-state index in [1.807, 2.05) is 4.90 Å². The topological polar surface area (TPSA) is 121 Å². The highest BCUT2D eigenvalue weighted by Crippen LogP contribution is 2.29. The lowest BCUT2D eigenvalue weighted by Gasteiger charge is -2.30. The van der Waals surface area contributed by atoms with E-state index in [0.29, 0.717) is 36.2 Å². The zero-order valence-electron chi connectivity index (χ0n) is 24.5. The Bertz CT molecular complexity index is 1340. The van der Waals surface area contributed by atoms with Crippen LogP contribution in [0, 0.1) is 11.3 Å². The van der Waals surface area contributed by atoms with Gasteiger partial charge in [-0.25, -0.2) is 8.42 Å². The fourth-order valence-electron chi connectivity index (χ4n) is 5.96. The minimum atomic E-state index is -3.37. The second kappa shape index (κ2) is 15.1. The molecule has 1 heterocycles. The number of amides is 1. The third-order valence-corrected chi connectivity index (χ3v) is 10.1. The van der Waals surface area contributed by atoms with Crippen LogP contribution in [0.2, 0.25) is 0 Å². The number of sulfone groups is 1. The number of anilines is 1. The lowest BCUT2D eigenvalue weighted by molar-refractivity contribution is -0.131. The minimum Gasteiger partial charge on any atom is -0.381 e. The zero-order valence-corrected chi connectivity index (χ0v) is 25.4. The third kappa shape index (κ3) is 8.72. The van der Waals surface area contributed by atoms with Crippen LogP contribution >= 0.6 is 0 Å². The molecule has 1 aliphatic carbocycles. The molecule has 2 aromatic carbocycles. The molecule has 2 aromatic rings. The summed E-state index contributed by atoms with van der Waals surface area (Å²) in [5.74, 6) is -0.410. The number of alkyl halides is 2. The summed E-state index contributed by atoms with van der Waals surface area (Å²) in [7, 11) is -1.63. The summed E-state index contributed by atoms with van der Waals surface area (Å²) < 4.78 is 60.3. The summed E-state index contributed by atoms with van der Waals surface area (Å²) in [5, 5.41) is 15.9. The van der Waals surface area contributed by atoms with Gasteiger partial charge in [-0.15, -0.1) is 0 Å². The first-order valence-corrected chi connectivity index (χ1v) is 16.3. The number of carbonyl (C=O) groups excluding carboxylic acids is 1. The molecular weight excluding hydrogens is 578 g/mol. The Kier molecular flexibility index (Phi) is 11.5. The quantitative estimate of drug-likeness (QED) is 0.334. The number of hydrogen-bond donors (Lipinski definition) is 2. The Morgan fingerprint density at radius 2 is 1.74 bits per heavy atom. The lowest BCUT2D eigenvalue weighted by atomic mass is 9.92. The van der Waals surface area contributed by atoms with Crippen molar-refractivity contribution in [3.63, 3.8) is 0 Å². The van der Waals surface area contributed by atoms with Gasteiger partial charge >= 0.3 is 6.61 Å². The van der Waals surface area contributed by atoms with Crippen LogP contribution in [0.15, 0.2) is 53.4 Å². The summed E-state index contributed by atoms with van der Waals surface area (Å²) >= 11 is 0. The highest BCUT2D eigenvalue weighted by Gasteiger charge is 2.35. The van der Waals surface area contributed by atoms with Crippen LogP contribution in [0.25, 0.3) is 0 Å².